The highest BCUT2D eigenvalue weighted by atomic mass is 16.5. The van der Waals surface area contributed by atoms with Crippen LogP contribution >= 0.6 is 0 Å². The predicted octanol–water partition coefficient (Wildman–Crippen LogP) is -0.880. The number of hydrogen-bond acceptors (Lipinski definition) is 6. The second kappa shape index (κ2) is 8.83. The number of carbonyl (C=O) groups excluding carboxylic acids is 2. The summed E-state index contributed by atoms with van der Waals surface area (Å²) in [4.78, 5) is 26.4. The van der Waals surface area contributed by atoms with Crippen molar-refractivity contribution in [3.63, 3.8) is 0 Å². The molecule has 1 rings (SSSR count). The molecule has 0 aliphatic carbocycles. The monoisotopic (exact) mass is 282 g/mol. The maximum Gasteiger partial charge on any atom is 0.243 e. The zero-order valence-electron chi connectivity index (χ0n) is 11.2. The Morgan fingerprint density at radius 2 is 2.10 bits per heavy atom. The first-order valence-corrected chi connectivity index (χ1v) is 6.00. The molecule has 0 fully saturated rings. The summed E-state index contributed by atoms with van der Waals surface area (Å²) in [7, 11) is 1.58. The van der Waals surface area contributed by atoms with E-state index in [1.807, 2.05) is 0 Å². The van der Waals surface area contributed by atoms with Gasteiger partial charge in [0, 0.05) is 13.2 Å². The number of aromatic nitrogens is 1. The lowest BCUT2D eigenvalue weighted by molar-refractivity contribution is -0.123. The standard InChI is InChI=1S/C12H18N4O4/c1-19-4-5-20-12-3-2-9(7-15-12)16-11(18)8-14-10(17)6-13/h2-3,7H,4-6,8,13H2,1H3,(H,14,17)(H,16,18). The van der Waals surface area contributed by atoms with Gasteiger partial charge in [-0.2, -0.15) is 0 Å². The van der Waals surface area contributed by atoms with Crippen LogP contribution in [0.15, 0.2) is 18.3 Å². The van der Waals surface area contributed by atoms with E-state index < -0.39 is 0 Å². The Labute approximate surface area is 116 Å². The zero-order chi connectivity index (χ0) is 14.8. The number of amides is 2. The third-order valence-corrected chi connectivity index (χ3v) is 2.19. The van der Waals surface area contributed by atoms with Crippen LogP contribution in [0.25, 0.3) is 0 Å². The molecule has 0 spiro atoms. The number of rotatable bonds is 8. The lowest BCUT2D eigenvalue weighted by Crippen LogP contribution is -2.36. The summed E-state index contributed by atoms with van der Waals surface area (Å²) in [5.74, 6) is -0.307. The number of carbonyl (C=O) groups is 2. The van der Waals surface area contributed by atoms with Crippen LogP contribution in [0.1, 0.15) is 0 Å². The lowest BCUT2D eigenvalue weighted by atomic mass is 10.4. The molecule has 1 heterocycles. The number of ether oxygens (including phenoxy) is 2. The van der Waals surface area contributed by atoms with Gasteiger partial charge in [-0.15, -0.1) is 0 Å². The van der Waals surface area contributed by atoms with Crippen LogP contribution in [0.4, 0.5) is 5.69 Å². The SMILES string of the molecule is COCCOc1ccc(NC(=O)CNC(=O)CN)cn1. The van der Waals surface area contributed by atoms with E-state index in [2.05, 4.69) is 15.6 Å². The van der Waals surface area contributed by atoms with Gasteiger partial charge < -0.3 is 25.8 Å². The maximum absolute atomic E-state index is 11.5. The zero-order valence-corrected chi connectivity index (χ0v) is 11.2. The summed E-state index contributed by atoms with van der Waals surface area (Å²) in [6.07, 6.45) is 1.46. The number of nitrogens with zero attached hydrogens (tertiary/aromatic N) is 1. The number of anilines is 1. The molecule has 0 bridgehead atoms. The van der Waals surface area contributed by atoms with Gasteiger partial charge in [0.15, 0.2) is 0 Å². The van der Waals surface area contributed by atoms with Crippen molar-refractivity contribution in [1.29, 1.82) is 0 Å². The minimum Gasteiger partial charge on any atom is -0.475 e. The largest absolute Gasteiger partial charge is 0.475 e. The van der Waals surface area contributed by atoms with Gasteiger partial charge >= 0.3 is 0 Å². The van der Waals surface area contributed by atoms with Gasteiger partial charge in [0.25, 0.3) is 0 Å². The van der Waals surface area contributed by atoms with E-state index in [0.29, 0.717) is 24.8 Å². The summed E-state index contributed by atoms with van der Waals surface area (Å²) in [5, 5.41) is 4.94. The molecule has 0 aliphatic rings. The van der Waals surface area contributed by atoms with E-state index in [0.717, 1.165) is 0 Å². The molecule has 4 N–H and O–H groups in total. The first-order chi connectivity index (χ1) is 9.65. The van der Waals surface area contributed by atoms with E-state index in [1.165, 1.54) is 6.20 Å². The molecule has 8 heteroatoms. The van der Waals surface area contributed by atoms with Crippen LogP contribution in [0, 0.1) is 0 Å². The number of hydrogen-bond donors (Lipinski definition) is 3. The van der Waals surface area contributed by atoms with Crippen molar-refractivity contribution in [2.45, 2.75) is 0 Å². The average Bonchev–Trinajstić information content (AvgIpc) is 2.47. The highest BCUT2D eigenvalue weighted by molar-refractivity contribution is 5.94. The Kier molecular flexibility index (Phi) is 7.01. The van der Waals surface area contributed by atoms with Gasteiger partial charge in [-0.25, -0.2) is 4.98 Å². The van der Waals surface area contributed by atoms with Crippen molar-refractivity contribution in [2.75, 3.05) is 38.7 Å². The van der Waals surface area contributed by atoms with E-state index in [-0.39, 0.29) is 24.9 Å². The molecular formula is C12H18N4O4. The third-order valence-electron chi connectivity index (χ3n) is 2.19. The molecule has 1 aromatic rings. The fraction of sp³-hybridized carbons (Fsp3) is 0.417. The van der Waals surface area contributed by atoms with Crippen molar-refractivity contribution >= 4 is 17.5 Å². The van der Waals surface area contributed by atoms with Crippen LogP contribution in [-0.4, -0.2) is 50.2 Å². The Balaban J connectivity index is 2.36. The summed E-state index contributed by atoms with van der Waals surface area (Å²) < 4.78 is 10.1. The number of pyridine rings is 1. The van der Waals surface area contributed by atoms with Gasteiger partial charge in [0.05, 0.1) is 31.6 Å². The van der Waals surface area contributed by atoms with Crippen LogP contribution < -0.4 is 21.1 Å². The van der Waals surface area contributed by atoms with Crippen molar-refractivity contribution in [3.05, 3.63) is 18.3 Å². The topological polar surface area (TPSA) is 116 Å². The average molecular weight is 282 g/mol. The van der Waals surface area contributed by atoms with E-state index in [4.69, 9.17) is 15.2 Å². The van der Waals surface area contributed by atoms with Gasteiger partial charge in [0.1, 0.15) is 6.61 Å². The lowest BCUT2D eigenvalue weighted by Gasteiger charge is -2.07. The first kappa shape index (κ1) is 15.9. The second-order valence-electron chi connectivity index (χ2n) is 3.76. The molecule has 110 valence electrons. The molecule has 0 radical (unpaired) electrons. The van der Waals surface area contributed by atoms with Crippen LogP contribution in [-0.2, 0) is 14.3 Å². The van der Waals surface area contributed by atoms with Crippen LogP contribution in [0.2, 0.25) is 0 Å². The quantitative estimate of drug-likeness (QED) is 0.533. The number of nitrogens with one attached hydrogen (secondary N) is 2. The van der Waals surface area contributed by atoms with Crippen LogP contribution in [0.3, 0.4) is 0 Å². The summed E-state index contributed by atoms with van der Waals surface area (Å²) in [6, 6.07) is 3.28. The Morgan fingerprint density at radius 3 is 2.70 bits per heavy atom. The Morgan fingerprint density at radius 1 is 1.30 bits per heavy atom. The highest BCUT2D eigenvalue weighted by Crippen LogP contribution is 2.11. The van der Waals surface area contributed by atoms with Gasteiger partial charge in [-0.05, 0) is 6.07 Å². The van der Waals surface area contributed by atoms with Gasteiger partial charge in [-0.1, -0.05) is 0 Å². The molecule has 0 saturated heterocycles. The van der Waals surface area contributed by atoms with E-state index >= 15 is 0 Å². The minimum atomic E-state index is -0.389. The molecular weight excluding hydrogens is 264 g/mol. The van der Waals surface area contributed by atoms with Gasteiger partial charge in [-0.3, -0.25) is 9.59 Å². The number of methoxy groups -OCH3 is 1. The molecule has 8 nitrogen and oxygen atoms in total. The molecule has 1 aromatic heterocycles. The fourth-order valence-corrected chi connectivity index (χ4v) is 1.23. The van der Waals surface area contributed by atoms with Crippen molar-refractivity contribution in [3.8, 4) is 5.88 Å². The van der Waals surface area contributed by atoms with Gasteiger partial charge in [0.2, 0.25) is 17.7 Å². The molecule has 0 aromatic carbocycles. The highest BCUT2D eigenvalue weighted by Gasteiger charge is 2.05. The van der Waals surface area contributed by atoms with E-state index in [9.17, 15) is 9.59 Å². The first-order valence-electron chi connectivity index (χ1n) is 6.00. The summed E-state index contributed by atoms with van der Waals surface area (Å²) >= 11 is 0. The Bertz CT molecular complexity index is 436. The molecule has 0 saturated carbocycles. The predicted molar refractivity (Wildman–Crippen MR) is 72.3 cm³/mol. The Hall–Kier alpha value is -2.19. The molecule has 0 unspecified atom stereocenters. The van der Waals surface area contributed by atoms with Crippen molar-refractivity contribution in [1.82, 2.24) is 10.3 Å². The molecule has 0 atom stereocenters. The molecule has 2 amide bonds. The molecule has 20 heavy (non-hydrogen) atoms. The summed E-state index contributed by atoms with van der Waals surface area (Å²) in [5.41, 5.74) is 5.61. The molecule has 0 aliphatic heterocycles. The van der Waals surface area contributed by atoms with Crippen molar-refractivity contribution < 1.29 is 19.1 Å². The summed E-state index contributed by atoms with van der Waals surface area (Å²) in [6.45, 7) is 0.589. The maximum atomic E-state index is 11.5. The normalized spacial score (nSPS) is 9.90. The van der Waals surface area contributed by atoms with Crippen LogP contribution in [0.5, 0.6) is 5.88 Å². The minimum absolute atomic E-state index is 0.137. The smallest absolute Gasteiger partial charge is 0.243 e. The third kappa shape index (κ3) is 6.12. The fourth-order valence-electron chi connectivity index (χ4n) is 1.23. The van der Waals surface area contributed by atoms with Crippen molar-refractivity contribution in [2.24, 2.45) is 5.73 Å². The van der Waals surface area contributed by atoms with E-state index in [1.54, 1.807) is 19.2 Å². The second-order valence-corrected chi connectivity index (χ2v) is 3.76. The number of nitrogens with two attached hydrogens (primary N) is 1.